The molecule has 116 valence electrons. The number of anilines is 1. The smallest absolute Gasteiger partial charge is 0.171 e. The molecule has 6 heteroatoms. The van der Waals surface area contributed by atoms with Crippen LogP contribution in [-0.2, 0) is 0 Å². The van der Waals surface area contributed by atoms with Crippen LogP contribution in [-0.4, -0.2) is 16.3 Å². The van der Waals surface area contributed by atoms with Crippen LogP contribution in [0.3, 0.4) is 0 Å². The number of nitrogens with one attached hydrogen (secondary N) is 2. The molecule has 3 N–H and O–H groups in total. The minimum Gasteiger partial charge on any atom is -0.386 e. The van der Waals surface area contributed by atoms with Gasteiger partial charge in [-0.05, 0) is 42.9 Å². The average molecular weight is 355 g/mol. The van der Waals surface area contributed by atoms with Gasteiger partial charge in [-0.15, -0.1) is 0 Å². The van der Waals surface area contributed by atoms with Crippen LogP contribution >= 0.6 is 35.4 Å². The summed E-state index contributed by atoms with van der Waals surface area (Å²) in [4.78, 5) is 0. The Bertz CT molecular complexity index is 652. The van der Waals surface area contributed by atoms with E-state index in [0.717, 1.165) is 11.3 Å². The molecule has 0 heterocycles. The molecule has 0 saturated heterocycles. The normalized spacial score (nSPS) is 13.3. The molecule has 2 aromatic carbocycles. The van der Waals surface area contributed by atoms with Gasteiger partial charge in [0, 0.05) is 5.69 Å². The summed E-state index contributed by atoms with van der Waals surface area (Å²) in [6.45, 7) is 1.86. The zero-order chi connectivity index (χ0) is 16.1. The molecule has 0 saturated carbocycles. The van der Waals surface area contributed by atoms with Crippen LogP contribution in [0.5, 0.6) is 0 Å². The maximum Gasteiger partial charge on any atom is 0.171 e. The first-order valence-corrected chi connectivity index (χ1v) is 7.89. The Morgan fingerprint density at radius 1 is 1.09 bits per heavy atom. The lowest BCUT2D eigenvalue weighted by Gasteiger charge is -2.22. The Hall–Kier alpha value is -1.33. The summed E-state index contributed by atoms with van der Waals surface area (Å²) in [6, 6.07) is 14.3. The first-order chi connectivity index (χ1) is 10.5. The van der Waals surface area contributed by atoms with Crippen LogP contribution in [0.2, 0.25) is 10.0 Å². The largest absolute Gasteiger partial charge is 0.386 e. The molecular weight excluding hydrogens is 339 g/mol. The summed E-state index contributed by atoms with van der Waals surface area (Å²) < 4.78 is 0. The molecule has 0 aliphatic heterocycles. The number of rotatable bonds is 4. The van der Waals surface area contributed by atoms with E-state index in [1.165, 1.54) is 0 Å². The zero-order valence-electron chi connectivity index (χ0n) is 11.9. The number of benzene rings is 2. The minimum atomic E-state index is -0.658. The number of hydrogen-bond acceptors (Lipinski definition) is 2. The summed E-state index contributed by atoms with van der Waals surface area (Å²) in [5.74, 6) is 0. The molecule has 2 aromatic rings. The van der Waals surface area contributed by atoms with Crippen molar-refractivity contribution in [2.45, 2.75) is 19.1 Å². The monoisotopic (exact) mass is 354 g/mol. The Labute approximate surface area is 145 Å². The van der Waals surface area contributed by atoms with Crippen molar-refractivity contribution in [3.05, 3.63) is 64.1 Å². The van der Waals surface area contributed by atoms with Gasteiger partial charge in [0.25, 0.3) is 0 Å². The van der Waals surface area contributed by atoms with Gasteiger partial charge in [-0.2, -0.15) is 0 Å². The Morgan fingerprint density at radius 3 is 2.41 bits per heavy atom. The molecule has 0 aliphatic carbocycles. The van der Waals surface area contributed by atoms with Crippen molar-refractivity contribution in [3.8, 4) is 0 Å². The molecule has 2 rings (SSSR count). The van der Waals surface area contributed by atoms with Gasteiger partial charge >= 0.3 is 0 Å². The van der Waals surface area contributed by atoms with Gasteiger partial charge in [0.1, 0.15) is 0 Å². The molecule has 0 amide bonds. The van der Waals surface area contributed by atoms with Gasteiger partial charge in [0.15, 0.2) is 5.11 Å². The highest BCUT2D eigenvalue weighted by Gasteiger charge is 2.16. The second-order valence-corrected chi connectivity index (χ2v) is 6.09. The predicted octanol–water partition coefficient (Wildman–Crippen LogP) is 4.40. The Balaban J connectivity index is 1.95. The fourth-order valence-corrected chi connectivity index (χ4v) is 2.57. The van der Waals surface area contributed by atoms with Crippen molar-refractivity contribution in [3.63, 3.8) is 0 Å². The molecule has 0 bridgehead atoms. The van der Waals surface area contributed by atoms with Gasteiger partial charge in [-0.3, -0.25) is 0 Å². The van der Waals surface area contributed by atoms with Crippen LogP contribution in [0.4, 0.5) is 5.69 Å². The lowest BCUT2D eigenvalue weighted by molar-refractivity contribution is 0.145. The number of aliphatic hydroxyl groups excluding tert-OH is 1. The van der Waals surface area contributed by atoms with E-state index in [2.05, 4.69) is 10.6 Å². The summed E-state index contributed by atoms with van der Waals surface area (Å²) in [5.41, 5.74) is 1.56. The number of hydrogen-bond donors (Lipinski definition) is 3. The third-order valence-electron chi connectivity index (χ3n) is 3.15. The van der Waals surface area contributed by atoms with Crippen LogP contribution in [0.25, 0.3) is 0 Å². The fraction of sp³-hybridized carbons (Fsp3) is 0.188. The molecule has 0 spiro atoms. The number of aliphatic hydroxyl groups is 1. The van der Waals surface area contributed by atoms with Crippen molar-refractivity contribution in [2.75, 3.05) is 5.32 Å². The van der Waals surface area contributed by atoms with Crippen molar-refractivity contribution >= 4 is 46.2 Å². The topological polar surface area (TPSA) is 44.3 Å². The number of halogens is 2. The number of thiocarbonyl (C=S) groups is 1. The van der Waals surface area contributed by atoms with Gasteiger partial charge in [-0.1, -0.05) is 53.5 Å². The van der Waals surface area contributed by atoms with Gasteiger partial charge in [0.2, 0.25) is 0 Å². The van der Waals surface area contributed by atoms with Crippen LogP contribution in [0.15, 0.2) is 48.5 Å². The Kier molecular flexibility index (Phi) is 6.03. The van der Waals surface area contributed by atoms with Gasteiger partial charge in [0.05, 0.1) is 22.2 Å². The Morgan fingerprint density at radius 2 is 1.77 bits per heavy atom. The van der Waals surface area contributed by atoms with E-state index in [9.17, 15) is 5.11 Å². The van der Waals surface area contributed by atoms with Crippen molar-refractivity contribution in [2.24, 2.45) is 0 Å². The molecule has 0 aliphatic rings. The molecule has 3 nitrogen and oxygen atoms in total. The highest BCUT2D eigenvalue weighted by Crippen LogP contribution is 2.25. The van der Waals surface area contributed by atoms with E-state index < -0.39 is 6.10 Å². The lowest BCUT2D eigenvalue weighted by atomic mass is 10.0. The maximum atomic E-state index is 10.3. The predicted molar refractivity (Wildman–Crippen MR) is 96.7 cm³/mol. The maximum absolute atomic E-state index is 10.3. The third kappa shape index (κ3) is 4.58. The van der Waals surface area contributed by atoms with Crippen LogP contribution in [0, 0.1) is 0 Å². The average Bonchev–Trinajstić information content (AvgIpc) is 2.51. The van der Waals surface area contributed by atoms with Crippen molar-refractivity contribution in [1.29, 1.82) is 0 Å². The summed E-state index contributed by atoms with van der Waals surface area (Å²) in [6.07, 6.45) is -0.658. The molecule has 0 aromatic heterocycles. The molecule has 22 heavy (non-hydrogen) atoms. The molecule has 0 fully saturated rings. The van der Waals surface area contributed by atoms with E-state index in [4.69, 9.17) is 35.4 Å². The van der Waals surface area contributed by atoms with Crippen molar-refractivity contribution < 1.29 is 5.11 Å². The summed E-state index contributed by atoms with van der Waals surface area (Å²) in [7, 11) is 0. The van der Waals surface area contributed by atoms with Gasteiger partial charge in [-0.25, -0.2) is 0 Å². The van der Waals surface area contributed by atoms with Crippen molar-refractivity contribution in [1.82, 2.24) is 5.32 Å². The van der Waals surface area contributed by atoms with E-state index in [0.29, 0.717) is 15.2 Å². The molecule has 0 radical (unpaired) electrons. The third-order valence-corrected chi connectivity index (χ3v) is 4.11. The molecule has 0 unspecified atom stereocenters. The molecule has 2 atom stereocenters. The highest BCUT2D eigenvalue weighted by atomic mass is 35.5. The zero-order valence-corrected chi connectivity index (χ0v) is 14.2. The summed E-state index contributed by atoms with van der Waals surface area (Å²) in [5, 5.41) is 17.7. The SMILES string of the molecule is C[C@H](NC(=S)Nc1ccc(Cl)c(Cl)c1)[C@H](O)c1ccccc1. The fourth-order valence-electron chi connectivity index (χ4n) is 1.97. The lowest BCUT2D eigenvalue weighted by Crippen LogP contribution is -2.39. The van der Waals surface area contributed by atoms with E-state index in [1.807, 2.05) is 37.3 Å². The standard InChI is InChI=1S/C16H16Cl2N2OS/c1-10(15(21)11-5-3-2-4-6-11)19-16(22)20-12-7-8-13(17)14(18)9-12/h2-10,15,21H,1H3,(H2,19,20,22)/t10-,15-/m0/s1. The van der Waals surface area contributed by atoms with E-state index in [-0.39, 0.29) is 6.04 Å². The first kappa shape index (κ1) is 17.0. The first-order valence-electron chi connectivity index (χ1n) is 6.73. The quantitative estimate of drug-likeness (QED) is 0.712. The van der Waals surface area contributed by atoms with Crippen LogP contribution in [0.1, 0.15) is 18.6 Å². The second kappa shape index (κ2) is 7.79. The highest BCUT2D eigenvalue weighted by molar-refractivity contribution is 7.80. The summed E-state index contributed by atoms with van der Waals surface area (Å²) >= 11 is 17.1. The van der Waals surface area contributed by atoms with Gasteiger partial charge < -0.3 is 15.7 Å². The van der Waals surface area contributed by atoms with Crippen LogP contribution < -0.4 is 10.6 Å². The van der Waals surface area contributed by atoms with E-state index >= 15 is 0 Å². The minimum absolute atomic E-state index is 0.245. The second-order valence-electron chi connectivity index (χ2n) is 4.87. The molecular formula is C16H16Cl2N2OS. The van der Waals surface area contributed by atoms with E-state index in [1.54, 1.807) is 18.2 Å².